The van der Waals surface area contributed by atoms with Gasteiger partial charge in [0.25, 0.3) is 0 Å². The molecule has 33 heavy (non-hydrogen) atoms. The number of carbonyl (C=O) groups is 1. The topological polar surface area (TPSA) is 29.4 Å². The van der Waals surface area contributed by atoms with Crippen LogP contribution in [0.25, 0.3) is 0 Å². The minimum absolute atomic E-state index is 0.324. The van der Waals surface area contributed by atoms with Gasteiger partial charge in [0.15, 0.2) is 0 Å². The fourth-order valence-corrected chi connectivity index (χ4v) is 5.94. The van der Waals surface area contributed by atoms with Crippen molar-refractivity contribution in [2.75, 3.05) is 0 Å². The molecule has 0 radical (unpaired) electrons. The first-order valence-electron chi connectivity index (χ1n) is 13.8. The Morgan fingerprint density at radius 3 is 2.61 bits per heavy atom. The summed E-state index contributed by atoms with van der Waals surface area (Å²) in [5, 5.41) is 0. The van der Waals surface area contributed by atoms with E-state index in [1.165, 1.54) is 80.9 Å². The molecule has 0 N–H and O–H groups in total. The molecule has 0 aromatic heterocycles. The summed E-state index contributed by atoms with van der Waals surface area (Å²) < 4.78 is 0. The van der Waals surface area contributed by atoms with E-state index in [4.69, 9.17) is 0 Å². The summed E-state index contributed by atoms with van der Waals surface area (Å²) in [5.41, 5.74) is 7.51. The molecule has 3 aliphatic carbocycles. The van der Waals surface area contributed by atoms with Crippen LogP contribution in [0.3, 0.4) is 0 Å². The number of rotatable bonds is 11. The molecule has 0 amide bonds. The number of benzene rings is 1. The van der Waals surface area contributed by atoms with Crippen LogP contribution in [-0.2, 0) is 11.2 Å². The van der Waals surface area contributed by atoms with Crippen LogP contribution in [-0.4, -0.2) is 12.0 Å². The van der Waals surface area contributed by atoms with Gasteiger partial charge >= 0.3 is 0 Å². The first-order valence-corrected chi connectivity index (χ1v) is 13.8. The molecule has 2 atom stereocenters. The van der Waals surface area contributed by atoms with E-state index in [-0.39, 0.29) is 0 Å². The van der Waals surface area contributed by atoms with Crippen molar-refractivity contribution in [3.8, 4) is 0 Å². The summed E-state index contributed by atoms with van der Waals surface area (Å²) in [6, 6.07) is 7.33. The largest absolute Gasteiger partial charge is 0.299 e. The molecule has 176 valence electrons. The Balaban J connectivity index is 1.10. The lowest BCUT2D eigenvalue weighted by atomic mass is 9.80. The lowest BCUT2D eigenvalue weighted by Crippen LogP contribution is -2.21. The first-order chi connectivity index (χ1) is 16.2. The molecular weight excluding hydrogens is 402 g/mol. The van der Waals surface area contributed by atoms with Crippen molar-refractivity contribution in [2.45, 2.75) is 103 Å². The summed E-state index contributed by atoms with van der Waals surface area (Å²) in [7, 11) is 0. The molecule has 2 unspecified atom stereocenters. The summed E-state index contributed by atoms with van der Waals surface area (Å²) >= 11 is 0. The molecule has 0 bridgehead atoms. The van der Waals surface area contributed by atoms with Crippen molar-refractivity contribution < 1.29 is 4.79 Å². The summed E-state index contributed by atoms with van der Waals surface area (Å²) in [6.07, 6.45) is 24.2. The van der Waals surface area contributed by atoms with Crippen LogP contribution in [0.15, 0.2) is 46.5 Å². The van der Waals surface area contributed by atoms with Gasteiger partial charge in [0.05, 0.1) is 6.04 Å². The maximum atomic E-state index is 12.1. The Labute approximate surface area is 200 Å². The van der Waals surface area contributed by atoms with Crippen molar-refractivity contribution in [2.24, 2.45) is 22.7 Å². The van der Waals surface area contributed by atoms with Crippen LogP contribution in [0, 0.1) is 17.8 Å². The molecule has 1 aromatic carbocycles. The number of nitrogens with zero attached hydrogens (tertiary/aromatic N) is 1. The van der Waals surface area contributed by atoms with Crippen LogP contribution >= 0.6 is 0 Å². The number of unbranched alkanes of at least 4 members (excludes halogenated alkanes) is 3. The molecular formula is C31H41NO. The maximum Gasteiger partial charge on any atom is 0.135 e. The zero-order chi connectivity index (χ0) is 22.6. The van der Waals surface area contributed by atoms with E-state index >= 15 is 0 Å². The van der Waals surface area contributed by atoms with Crippen molar-refractivity contribution in [1.29, 1.82) is 0 Å². The minimum atomic E-state index is 0.324. The highest BCUT2D eigenvalue weighted by atomic mass is 16.1. The third-order valence-electron chi connectivity index (χ3n) is 8.50. The molecule has 0 spiro atoms. The standard InChI is InChI=1S/C31H41NO/c1-22-29-17-13-24(20-28(29)21-32-22)19-23-11-14-25(30(18-12-23)26-15-16-26)7-4-2-3-5-10-31(33)27-8-6-9-27/h13-14,17-18,20-23,26-27H,2-12,15-16,19H2,1H3. The third-order valence-corrected chi connectivity index (χ3v) is 8.50. The second-order valence-electron chi connectivity index (χ2n) is 11.1. The number of Topliss-reactive ketones (excluding diaryl/α,β-unsaturated/α-hetero) is 1. The van der Waals surface area contributed by atoms with Crippen molar-refractivity contribution in [1.82, 2.24) is 0 Å². The van der Waals surface area contributed by atoms with Crippen molar-refractivity contribution in [3.05, 3.63) is 58.2 Å². The average molecular weight is 444 g/mol. The van der Waals surface area contributed by atoms with Crippen LogP contribution in [0.1, 0.15) is 113 Å². The van der Waals surface area contributed by atoms with Gasteiger partial charge in [-0.3, -0.25) is 9.79 Å². The number of ketones is 1. The van der Waals surface area contributed by atoms with Gasteiger partial charge in [-0.15, -0.1) is 0 Å². The molecule has 1 heterocycles. The van der Waals surface area contributed by atoms with Gasteiger partial charge in [0.2, 0.25) is 0 Å². The Kier molecular flexibility index (Phi) is 7.28. The molecule has 2 saturated carbocycles. The van der Waals surface area contributed by atoms with Crippen molar-refractivity contribution in [3.63, 3.8) is 0 Å². The molecule has 1 aromatic rings. The van der Waals surface area contributed by atoms with Gasteiger partial charge in [0, 0.05) is 18.6 Å². The molecule has 2 nitrogen and oxygen atoms in total. The fraction of sp³-hybridized carbons (Fsp3) is 0.613. The SMILES string of the molecule is CC1N=Cc2cc(CC3CC=C(CCCCCCC(=O)C4CCC4)C(C4CC4)=CC3)ccc21. The fourth-order valence-electron chi connectivity index (χ4n) is 5.94. The number of hydrogen-bond acceptors (Lipinski definition) is 2. The molecule has 4 aliphatic rings. The highest BCUT2D eigenvalue weighted by molar-refractivity contribution is 5.85. The highest BCUT2D eigenvalue weighted by Gasteiger charge is 2.29. The minimum Gasteiger partial charge on any atom is -0.299 e. The van der Waals surface area contributed by atoms with Crippen LogP contribution in [0.2, 0.25) is 0 Å². The predicted molar refractivity (Wildman–Crippen MR) is 138 cm³/mol. The van der Waals surface area contributed by atoms with Gasteiger partial charge < -0.3 is 0 Å². The normalized spacial score (nSPS) is 24.6. The Bertz CT molecular complexity index is 944. The average Bonchev–Trinajstić information content (AvgIpc) is 3.56. The molecule has 5 rings (SSSR count). The van der Waals surface area contributed by atoms with E-state index < -0.39 is 0 Å². The zero-order valence-electron chi connectivity index (χ0n) is 20.5. The highest BCUT2D eigenvalue weighted by Crippen LogP contribution is 2.43. The Morgan fingerprint density at radius 2 is 1.82 bits per heavy atom. The van der Waals surface area contributed by atoms with Gasteiger partial charge in [-0.05, 0) is 117 Å². The third kappa shape index (κ3) is 5.76. The number of allylic oxidation sites excluding steroid dienone is 4. The lowest BCUT2D eigenvalue weighted by Gasteiger charge is -2.23. The maximum absolute atomic E-state index is 12.1. The van der Waals surface area contributed by atoms with Gasteiger partial charge in [-0.25, -0.2) is 0 Å². The number of hydrogen-bond donors (Lipinski definition) is 0. The first kappa shape index (κ1) is 22.8. The van der Waals surface area contributed by atoms with E-state index in [2.05, 4.69) is 48.5 Å². The zero-order valence-corrected chi connectivity index (χ0v) is 20.5. The van der Waals surface area contributed by atoms with Crippen molar-refractivity contribution >= 4 is 12.0 Å². The Hall–Kier alpha value is -1.96. The molecule has 2 heteroatoms. The summed E-state index contributed by atoms with van der Waals surface area (Å²) in [5.74, 6) is 2.52. The summed E-state index contributed by atoms with van der Waals surface area (Å²) in [4.78, 5) is 16.6. The lowest BCUT2D eigenvalue weighted by molar-refractivity contribution is -0.125. The van der Waals surface area contributed by atoms with Crippen LogP contribution in [0.4, 0.5) is 0 Å². The predicted octanol–water partition coefficient (Wildman–Crippen LogP) is 8.11. The number of carbonyl (C=O) groups excluding carboxylic acids is 1. The number of aliphatic imine (C=N–C) groups is 1. The molecule has 0 saturated heterocycles. The second kappa shape index (κ2) is 10.5. The molecule has 1 aliphatic heterocycles. The second-order valence-corrected chi connectivity index (χ2v) is 11.1. The number of fused-ring (bicyclic) bond motifs is 1. The molecule has 2 fully saturated rings. The Morgan fingerprint density at radius 1 is 1.00 bits per heavy atom. The van der Waals surface area contributed by atoms with Crippen LogP contribution < -0.4 is 0 Å². The smallest absolute Gasteiger partial charge is 0.135 e. The van der Waals surface area contributed by atoms with Gasteiger partial charge in [0.1, 0.15) is 5.78 Å². The van der Waals surface area contributed by atoms with E-state index in [0.717, 1.165) is 31.6 Å². The van der Waals surface area contributed by atoms with E-state index in [0.29, 0.717) is 23.7 Å². The van der Waals surface area contributed by atoms with Gasteiger partial charge in [-0.1, -0.05) is 43.5 Å². The van der Waals surface area contributed by atoms with E-state index in [9.17, 15) is 4.79 Å². The van der Waals surface area contributed by atoms with Crippen LogP contribution in [0.5, 0.6) is 0 Å². The summed E-state index contributed by atoms with van der Waals surface area (Å²) in [6.45, 7) is 2.18. The monoisotopic (exact) mass is 443 g/mol. The van der Waals surface area contributed by atoms with E-state index in [1.54, 1.807) is 11.1 Å². The van der Waals surface area contributed by atoms with E-state index in [1.807, 2.05) is 0 Å². The van der Waals surface area contributed by atoms with Gasteiger partial charge in [-0.2, -0.15) is 0 Å². The quantitative estimate of drug-likeness (QED) is 0.318.